The van der Waals surface area contributed by atoms with Crippen LogP contribution in [0.25, 0.3) is 0 Å². The van der Waals surface area contributed by atoms with Crippen molar-refractivity contribution >= 4 is 11.6 Å². The summed E-state index contributed by atoms with van der Waals surface area (Å²) in [4.78, 5) is 2.40. The predicted octanol–water partition coefficient (Wildman–Crippen LogP) is 3.42. The van der Waals surface area contributed by atoms with Crippen molar-refractivity contribution in [2.45, 2.75) is 32.2 Å². The van der Waals surface area contributed by atoms with Gasteiger partial charge in [-0.05, 0) is 44.1 Å². The lowest BCUT2D eigenvalue weighted by atomic mass is 10.2. The Morgan fingerprint density at radius 2 is 1.81 bits per heavy atom. The Morgan fingerprint density at radius 3 is 2.50 bits per heavy atom. The molecule has 1 fully saturated rings. The smallest absolute Gasteiger partial charge is 0.120 e. The van der Waals surface area contributed by atoms with E-state index < -0.39 is 0 Å². The molecule has 88 valence electrons. The second-order valence-corrected chi connectivity index (χ2v) is 4.90. The van der Waals surface area contributed by atoms with Crippen LogP contribution >= 0.6 is 11.6 Å². The lowest BCUT2D eigenvalue weighted by Gasteiger charge is -2.20. The molecule has 0 atom stereocenters. The van der Waals surface area contributed by atoms with Crippen molar-refractivity contribution in [2.24, 2.45) is 0 Å². The lowest BCUT2D eigenvalue weighted by molar-refractivity contribution is 0.273. The fourth-order valence-corrected chi connectivity index (χ4v) is 2.41. The predicted molar refractivity (Wildman–Crippen MR) is 66.9 cm³/mol. The zero-order valence-electron chi connectivity index (χ0n) is 9.45. The van der Waals surface area contributed by atoms with Gasteiger partial charge in [-0.3, -0.25) is 4.90 Å². The Balaban J connectivity index is 2.04. The molecule has 0 bridgehead atoms. The fourth-order valence-electron chi connectivity index (χ4n) is 2.22. The van der Waals surface area contributed by atoms with Crippen molar-refractivity contribution in [3.63, 3.8) is 0 Å². The van der Waals surface area contributed by atoms with E-state index in [4.69, 9.17) is 11.6 Å². The van der Waals surface area contributed by atoms with E-state index in [0.29, 0.717) is 10.8 Å². The summed E-state index contributed by atoms with van der Waals surface area (Å²) in [5, 5.41) is 10.4. The number of nitrogens with zero attached hydrogens (tertiary/aromatic N) is 1. The minimum atomic E-state index is 0.355. The molecule has 0 spiro atoms. The Bertz CT molecular complexity index is 346. The Kier molecular flexibility index (Phi) is 4.08. The number of likely N-dealkylation sites (tertiary alicyclic amines) is 1. The Hall–Kier alpha value is -0.730. The first-order valence-electron chi connectivity index (χ1n) is 5.95. The summed E-state index contributed by atoms with van der Waals surface area (Å²) in [5.41, 5.74) is 0.939. The maximum absolute atomic E-state index is 9.75. The molecule has 16 heavy (non-hydrogen) atoms. The third-order valence-electron chi connectivity index (χ3n) is 3.13. The Morgan fingerprint density at radius 1 is 1.12 bits per heavy atom. The summed E-state index contributed by atoms with van der Waals surface area (Å²) in [5.74, 6) is 0.355. The van der Waals surface area contributed by atoms with Crippen LogP contribution in [-0.2, 0) is 6.54 Å². The van der Waals surface area contributed by atoms with Crippen molar-refractivity contribution in [3.8, 4) is 5.75 Å². The fraction of sp³-hybridized carbons (Fsp3) is 0.538. The van der Waals surface area contributed by atoms with Crippen molar-refractivity contribution in [1.82, 2.24) is 4.90 Å². The van der Waals surface area contributed by atoms with Crippen LogP contribution in [0.4, 0.5) is 0 Å². The number of aromatic hydroxyl groups is 1. The molecule has 1 aromatic carbocycles. The van der Waals surface area contributed by atoms with E-state index in [1.165, 1.54) is 25.7 Å². The zero-order valence-corrected chi connectivity index (χ0v) is 10.2. The molecule has 0 radical (unpaired) electrons. The highest BCUT2D eigenvalue weighted by Crippen LogP contribution is 2.23. The van der Waals surface area contributed by atoms with Gasteiger partial charge in [0.05, 0.1) is 0 Å². The van der Waals surface area contributed by atoms with Crippen LogP contribution in [0, 0.1) is 0 Å². The molecule has 1 saturated heterocycles. The van der Waals surface area contributed by atoms with E-state index in [1.807, 2.05) is 6.07 Å². The van der Waals surface area contributed by atoms with Gasteiger partial charge in [-0.25, -0.2) is 0 Å². The molecule has 0 aromatic heterocycles. The number of phenols is 1. The highest BCUT2D eigenvalue weighted by molar-refractivity contribution is 6.30. The summed E-state index contributed by atoms with van der Waals surface area (Å²) in [6.45, 7) is 3.07. The largest absolute Gasteiger partial charge is 0.508 e. The molecule has 1 aliphatic heterocycles. The second kappa shape index (κ2) is 5.55. The summed E-state index contributed by atoms with van der Waals surface area (Å²) >= 11 is 5.94. The summed E-state index contributed by atoms with van der Waals surface area (Å²) in [6.07, 6.45) is 5.19. The molecule has 0 saturated carbocycles. The van der Waals surface area contributed by atoms with Gasteiger partial charge in [-0.1, -0.05) is 24.4 Å². The molecular weight excluding hydrogens is 222 g/mol. The highest BCUT2D eigenvalue weighted by Gasteiger charge is 2.11. The normalized spacial score (nSPS) is 18.3. The van der Waals surface area contributed by atoms with Crippen LogP contribution in [0.15, 0.2) is 18.2 Å². The topological polar surface area (TPSA) is 23.5 Å². The molecule has 1 heterocycles. The first-order chi connectivity index (χ1) is 7.75. The van der Waals surface area contributed by atoms with Gasteiger partial charge in [-0.15, -0.1) is 0 Å². The number of rotatable bonds is 2. The maximum Gasteiger partial charge on any atom is 0.120 e. The first kappa shape index (κ1) is 11.7. The van der Waals surface area contributed by atoms with Crippen molar-refractivity contribution < 1.29 is 5.11 Å². The van der Waals surface area contributed by atoms with Crippen molar-refractivity contribution in [3.05, 3.63) is 28.8 Å². The number of phenolic OH excluding ortho intramolecular Hbond substituents is 1. The van der Waals surface area contributed by atoms with Crippen LogP contribution in [0.5, 0.6) is 5.75 Å². The van der Waals surface area contributed by atoms with Gasteiger partial charge in [0.15, 0.2) is 0 Å². The summed E-state index contributed by atoms with van der Waals surface area (Å²) in [7, 11) is 0. The van der Waals surface area contributed by atoms with Crippen LogP contribution in [-0.4, -0.2) is 23.1 Å². The van der Waals surface area contributed by atoms with Crippen LogP contribution in [0.1, 0.15) is 31.2 Å². The van der Waals surface area contributed by atoms with E-state index in [2.05, 4.69) is 4.90 Å². The third-order valence-corrected chi connectivity index (χ3v) is 3.37. The zero-order chi connectivity index (χ0) is 11.4. The van der Waals surface area contributed by atoms with Gasteiger partial charge in [0.2, 0.25) is 0 Å². The SMILES string of the molecule is Oc1ccc(Cl)cc1CN1CCCCCC1. The molecule has 0 amide bonds. The number of hydrogen-bond donors (Lipinski definition) is 1. The van der Waals surface area contributed by atoms with Gasteiger partial charge in [0.25, 0.3) is 0 Å². The van der Waals surface area contributed by atoms with E-state index in [0.717, 1.165) is 25.2 Å². The minimum Gasteiger partial charge on any atom is -0.508 e. The van der Waals surface area contributed by atoms with Crippen LogP contribution in [0.2, 0.25) is 5.02 Å². The van der Waals surface area contributed by atoms with E-state index in [-0.39, 0.29) is 0 Å². The van der Waals surface area contributed by atoms with E-state index in [9.17, 15) is 5.11 Å². The molecule has 1 aliphatic rings. The summed E-state index contributed by atoms with van der Waals surface area (Å²) in [6, 6.07) is 5.26. The molecule has 2 nitrogen and oxygen atoms in total. The summed E-state index contributed by atoms with van der Waals surface area (Å²) < 4.78 is 0. The van der Waals surface area contributed by atoms with E-state index >= 15 is 0 Å². The van der Waals surface area contributed by atoms with Gasteiger partial charge >= 0.3 is 0 Å². The molecule has 0 aliphatic carbocycles. The van der Waals surface area contributed by atoms with Crippen molar-refractivity contribution in [2.75, 3.05) is 13.1 Å². The van der Waals surface area contributed by atoms with Crippen LogP contribution in [0.3, 0.4) is 0 Å². The molecule has 1 N–H and O–H groups in total. The molecule has 0 unspecified atom stereocenters. The van der Waals surface area contributed by atoms with Gasteiger partial charge in [0.1, 0.15) is 5.75 Å². The highest BCUT2D eigenvalue weighted by atomic mass is 35.5. The maximum atomic E-state index is 9.75. The number of halogens is 1. The first-order valence-corrected chi connectivity index (χ1v) is 6.33. The monoisotopic (exact) mass is 239 g/mol. The molecular formula is C13H18ClNO. The average Bonchev–Trinajstić information content (AvgIpc) is 2.52. The Labute approximate surface area is 102 Å². The van der Waals surface area contributed by atoms with E-state index in [1.54, 1.807) is 12.1 Å². The quantitative estimate of drug-likeness (QED) is 0.855. The van der Waals surface area contributed by atoms with Gasteiger partial charge < -0.3 is 5.11 Å². The number of hydrogen-bond acceptors (Lipinski definition) is 2. The second-order valence-electron chi connectivity index (χ2n) is 4.46. The third kappa shape index (κ3) is 3.13. The standard InChI is InChI=1S/C13H18ClNO/c14-12-5-6-13(16)11(9-12)10-15-7-3-1-2-4-8-15/h5-6,9,16H,1-4,7-8,10H2. The molecule has 3 heteroatoms. The van der Waals surface area contributed by atoms with Gasteiger partial charge in [-0.2, -0.15) is 0 Å². The molecule has 2 rings (SSSR count). The van der Waals surface area contributed by atoms with Gasteiger partial charge in [0, 0.05) is 17.1 Å². The molecule has 1 aromatic rings. The number of benzene rings is 1. The van der Waals surface area contributed by atoms with Crippen molar-refractivity contribution in [1.29, 1.82) is 0 Å². The minimum absolute atomic E-state index is 0.355. The average molecular weight is 240 g/mol. The van der Waals surface area contributed by atoms with Crippen LogP contribution < -0.4 is 0 Å². The lowest BCUT2D eigenvalue weighted by Crippen LogP contribution is -2.23.